The summed E-state index contributed by atoms with van der Waals surface area (Å²) in [6.45, 7) is 0. The van der Waals surface area contributed by atoms with E-state index in [0.29, 0.717) is 9.98 Å². The summed E-state index contributed by atoms with van der Waals surface area (Å²) in [5.74, 6) is -0.468. The van der Waals surface area contributed by atoms with Gasteiger partial charge < -0.3 is 5.32 Å². The lowest BCUT2D eigenvalue weighted by molar-refractivity contribution is 0.102. The van der Waals surface area contributed by atoms with Crippen molar-refractivity contribution in [3.05, 3.63) is 56.9 Å². The molecule has 3 rings (SSSR count). The summed E-state index contributed by atoms with van der Waals surface area (Å²) in [6, 6.07) is 6.59. The van der Waals surface area contributed by atoms with Gasteiger partial charge in [0, 0.05) is 0 Å². The smallest absolute Gasteiger partial charge is 0.298 e. The van der Waals surface area contributed by atoms with Crippen molar-refractivity contribution in [2.24, 2.45) is 0 Å². The van der Waals surface area contributed by atoms with Crippen LogP contribution in [0.2, 0.25) is 5.02 Å². The number of rotatable bonds is 2. The maximum Gasteiger partial charge on any atom is 0.298 e. The van der Waals surface area contributed by atoms with Gasteiger partial charge in [-0.1, -0.05) is 35.1 Å². The molecule has 20 heavy (non-hydrogen) atoms. The van der Waals surface area contributed by atoms with E-state index in [1.54, 1.807) is 24.3 Å². The van der Waals surface area contributed by atoms with Crippen LogP contribution in [0.4, 0.5) is 5.69 Å². The van der Waals surface area contributed by atoms with Crippen LogP contribution in [-0.2, 0) is 0 Å². The highest BCUT2D eigenvalue weighted by Gasteiger charge is 2.13. The fourth-order valence-corrected chi connectivity index (χ4v) is 2.45. The van der Waals surface area contributed by atoms with Gasteiger partial charge in [-0.15, -0.1) is 0 Å². The van der Waals surface area contributed by atoms with Gasteiger partial charge in [-0.25, -0.2) is 4.98 Å². The van der Waals surface area contributed by atoms with Crippen molar-refractivity contribution >= 4 is 39.5 Å². The Bertz CT molecular complexity index is 858. The molecule has 100 valence electrons. The third-order valence-electron chi connectivity index (χ3n) is 2.60. The first kappa shape index (κ1) is 12.8. The molecule has 8 heteroatoms. The third-order valence-corrected chi connectivity index (χ3v) is 3.61. The van der Waals surface area contributed by atoms with E-state index in [1.807, 2.05) is 0 Å². The second-order valence-corrected chi connectivity index (χ2v) is 5.06. The topological polar surface area (TPSA) is 76.4 Å². The first-order valence-corrected chi connectivity index (χ1v) is 6.80. The highest BCUT2D eigenvalue weighted by Crippen LogP contribution is 2.16. The summed E-state index contributed by atoms with van der Waals surface area (Å²) in [5.41, 5.74) is 1.41. The molecule has 2 heterocycles. The number of hydrogen-bond donors (Lipinski definition) is 1. The normalized spacial score (nSPS) is 10.7. The van der Waals surface area contributed by atoms with Crippen molar-refractivity contribution in [2.75, 3.05) is 5.32 Å². The van der Waals surface area contributed by atoms with Gasteiger partial charge in [0.15, 0.2) is 0 Å². The molecule has 0 bridgehead atoms. The quantitative estimate of drug-likeness (QED) is 0.786. The summed E-state index contributed by atoms with van der Waals surface area (Å²) in [5, 5.41) is 6.67. The van der Waals surface area contributed by atoms with Crippen LogP contribution in [0.3, 0.4) is 0 Å². The first-order chi connectivity index (χ1) is 9.66. The Morgan fingerprint density at radius 1 is 1.35 bits per heavy atom. The zero-order valence-corrected chi connectivity index (χ0v) is 11.5. The highest BCUT2D eigenvalue weighted by molar-refractivity contribution is 7.14. The van der Waals surface area contributed by atoms with Crippen molar-refractivity contribution in [1.29, 1.82) is 0 Å². The monoisotopic (exact) mass is 306 g/mol. The second kappa shape index (κ2) is 5.03. The van der Waals surface area contributed by atoms with Crippen LogP contribution in [0.15, 0.2) is 40.8 Å². The molecule has 1 amide bonds. The standard InChI is InChI=1S/C12H7ClN4O2S/c13-8-4-2-1-3-7(8)10(18)16-9-5-14-12-17(11(9)19)15-6-20-12/h1-6H,(H,16,18). The largest absolute Gasteiger partial charge is 0.316 e. The molecule has 0 aliphatic carbocycles. The van der Waals surface area contributed by atoms with Crippen LogP contribution in [0.5, 0.6) is 0 Å². The fourth-order valence-electron chi connectivity index (χ4n) is 1.65. The molecule has 3 aromatic rings. The number of carbonyl (C=O) groups is 1. The Labute approximate surface area is 121 Å². The summed E-state index contributed by atoms with van der Waals surface area (Å²) in [7, 11) is 0. The molecule has 0 fully saturated rings. The molecular weight excluding hydrogens is 300 g/mol. The van der Waals surface area contributed by atoms with Crippen LogP contribution >= 0.6 is 22.9 Å². The average molecular weight is 307 g/mol. The molecule has 1 N–H and O–H groups in total. The number of nitrogens with zero attached hydrogens (tertiary/aromatic N) is 3. The Morgan fingerprint density at radius 2 is 2.15 bits per heavy atom. The molecule has 0 saturated carbocycles. The van der Waals surface area contributed by atoms with Gasteiger partial charge in [-0.2, -0.15) is 9.61 Å². The fraction of sp³-hybridized carbons (Fsp3) is 0. The molecule has 6 nitrogen and oxygen atoms in total. The van der Waals surface area contributed by atoms with E-state index in [-0.39, 0.29) is 11.3 Å². The summed E-state index contributed by atoms with van der Waals surface area (Å²) < 4.78 is 1.13. The average Bonchev–Trinajstić information content (AvgIpc) is 2.91. The minimum Gasteiger partial charge on any atom is -0.316 e. The van der Waals surface area contributed by atoms with Gasteiger partial charge in [0.25, 0.3) is 11.5 Å². The van der Waals surface area contributed by atoms with Gasteiger partial charge in [-0.3, -0.25) is 9.59 Å². The maximum absolute atomic E-state index is 12.1. The molecule has 1 aromatic carbocycles. The molecular formula is C12H7ClN4O2S. The number of hydrogen-bond acceptors (Lipinski definition) is 5. The minimum absolute atomic E-state index is 0.0540. The van der Waals surface area contributed by atoms with Crippen molar-refractivity contribution in [1.82, 2.24) is 14.6 Å². The first-order valence-electron chi connectivity index (χ1n) is 5.54. The number of amides is 1. The molecule has 0 atom stereocenters. The van der Waals surface area contributed by atoms with Crippen LogP contribution in [0, 0.1) is 0 Å². The zero-order chi connectivity index (χ0) is 14.1. The zero-order valence-electron chi connectivity index (χ0n) is 9.91. The van der Waals surface area contributed by atoms with Crippen LogP contribution < -0.4 is 10.9 Å². The second-order valence-electron chi connectivity index (χ2n) is 3.84. The van der Waals surface area contributed by atoms with Gasteiger partial charge in [0.05, 0.1) is 16.8 Å². The number of halogens is 1. The molecule has 0 spiro atoms. The Balaban J connectivity index is 1.97. The van der Waals surface area contributed by atoms with Crippen molar-refractivity contribution in [3.8, 4) is 0 Å². The molecule has 2 aromatic heterocycles. The van der Waals surface area contributed by atoms with Crippen molar-refractivity contribution < 1.29 is 4.79 Å². The summed E-state index contributed by atoms with van der Waals surface area (Å²) in [6.07, 6.45) is 1.31. The number of fused-ring (bicyclic) bond motifs is 1. The van der Waals surface area contributed by atoms with Crippen LogP contribution in [-0.4, -0.2) is 20.5 Å². The highest BCUT2D eigenvalue weighted by atomic mass is 35.5. The Hall–Kier alpha value is -2.25. The minimum atomic E-state index is -0.468. The van der Waals surface area contributed by atoms with Gasteiger partial charge in [-0.05, 0) is 12.1 Å². The third kappa shape index (κ3) is 2.17. The van der Waals surface area contributed by atoms with Crippen molar-refractivity contribution in [2.45, 2.75) is 0 Å². The van der Waals surface area contributed by atoms with E-state index >= 15 is 0 Å². The van der Waals surface area contributed by atoms with E-state index in [0.717, 1.165) is 4.52 Å². The van der Waals surface area contributed by atoms with E-state index in [1.165, 1.54) is 23.0 Å². The summed E-state index contributed by atoms with van der Waals surface area (Å²) >= 11 is 7.17. The molecule has 0 aliphatic heterocycles. The van der Waals surface area contributed by atoms with Crippen molar-refractivity contribution in [3.63, 3.8) is 0 Å². The number of anilines is 1. The number of nitrogens with one attached hydrogen (secondary N) is 1. The number of carbonyl (C=O) groups excluding carboxylic acids is 1. The molecule has 0 aliphatic rings. The van der Waals surface area contributed by atoms with Crippen LogP contribution in [0.25, 0.3) is 4.96 Å². The van der Waals surface area contributed by atoms with Crippen LogP contribution in [0.1, 0.15) is 10.4 Å². The molecule has 0 radical (unpaired) electrons. The maximum atomic E-state index is 12.1. The lowest BCUT2D eigenvalue weighted by Crippen LogP contribution is -2.23. The SMILES string of the molecule is O=C(Nc1cnc2scnn2c1=O)c1ccccc1Cl. The van der Waals surface area contributed by atoms with E-state index < -0.39 is 11.5 Å². The lowest BCUT2D eigenvalue weighted by Gasteiger charge is -2.05. The van der Waals surface area contributed by atoms with E-state index in [2.05, 4.69) is 15.4 Å². The Morgan fingerprint density at radius 3 is 2.95 bits per heavy atom. The lowest BCUT2D eigenvalue weighted by atomic mass is 10.2. The number of benzene rings is 1. The molecule has 0 unspecified atom stereocenters. The van der Waals surface area contributed by atoms with Gasteiger partial charge >= 0.3 is 0 Å². The Kier molecular flexibility index (Phi) is 3.21. The van der Waals surface area contributed by atoms with E-state index in [9.17, 15) is 9.59 Å². The number of aromatic nitrogens is 3. The van der Waals surface area contributed by atoms with Gasteiger partial charge in [0.1, 0.15) is 11.2 Å². The molecule has 0 saturated heterocycles. The van der Waals surface area contributed by atoms with E-state index in [4.69, 9.17) is 11.6 Å². The predicted molar refractivity (Wildman–Crippen MR) is 76.5 cm³/mol. The summed E-state index contributed by atoms with van der Waals surface area (Å²) in [4.78, 5) is 28.6. The van der Waals surface area contributed by atoms with Gasteiger partial charge in [0.2, 0.25) is 4.96 Å². The predicted octanol–water partition coefficient (Wildman–Crippen LogP) is 2.06.